The zero-order valence-electron chi connectivity index (χ0n) is 6.94. The molecule has 4 nitrogen and oxygen atoms in total. The molecule has 0 aliphatic heterocycles. The van der Waals surface area contributed by atoms with E-state index >= 15 is 0 Å². The maximum atomic E-state index is 5.61. The summed E-state index contributed by atoms with van der Waals surface area (Å²) in [7, 11) is 0. The van der Waals surface area contributed by atoms with Gasteiger partial charge in [-0.05, 0) is 13.0 Å². The van der Waals surface area contributed by atoms with Crippen LogP contribution < -0.4 is 0 Å². The van der Waals surface area contributed by atoms with Crippen molar-refractivity contribution in [3.05, 3.63) is 23.0 Å². The molecule has 0 bridgehead atoms. The minimum Gasteiger partial charge on any atom is -0.212 e. The van der Waals surface area contributed by atoms with Crippen molar-refractivity contribution in [2.45, 2.75) is 12.8 Å². The highest BCUT2D eigenvalue weighted by Gasteiger charge is 2.05. The number of aromatic nitrogens is 4. The molecule has 0 saturated heterocycles. The van der Waals surface area contributed by atoms with Gasteiger partial charge in [0.1, 0.15) is 5.01 Å². The second-order valence-corrected chi connectivity index (χ2v) is 3.82. The second kappa shape index (κ2) is 3.43. The number of alkyl halides is 1. The Balaban J connectivity index is 2.35. The number of rotatable bonds is 2. The van der Waals surface area contributed by atoms with Crippen molar-refractivity contribution in [2.75, 3.05) is 0 Å². The normalized spacial score (nSPS) is 10.6. The Hall–Kier alpha value is -0.940. The van der Waals surface area contributed by atoms with Crippen LogP contribution in [-0.2, 0) is 5.88 Å². The summed E-state index contributed by atoms with van der Waals surface area (Å²) in [6, 6.07) is 1.92. The first-order valence-corrected chi connectivity index (χ1v) is 5.05. The standard InChI is InChI=1S/C7H7ClN4S/c1-5-2-3-12(11-5)7-10-9-6(4-8)13-7/h2-3H,4H2,1H3. The van der Waals surface area contributed by atoms with Gasteiger partial charge in [-0.3, -0.25) is 0 Å². The van der Waals surface area contributed by atoms with Gasteiger partial charge in [0.2, 0.25) is 5.13 Å². The summed E-state index contributed by atoms with van der Waals surface area (Å²) >= 11 is 7.06. The predicted molar refractivity (Wildman–Crippen MR) is 51.3 cm³/mol. The highest BCUT2D eigenvalue weighted by molar-refractivity contribution is 7.13. The molecule has 0 radical (unpaired) electrons. The van der Waals surface area contributed by atoms with E-state index in [1.54, 1.807) is 4.68 Å². The fourth-order valence-electron chi connectivity index (χ4n) is 0.913. The van der Waals surface area contributed by atoms with Crippen LogP contribution in [0.5, 0.6) is 0 Å². The van der Waals surface area contributed by atoms with Crippen LogP contribution in [0, 0.1) is 6.92 Å². The first-order chi connectivity index (χ1) is 6.29. The summed E-state index contributed by atoms with van der Waals surface area (Å²) in [6.45, 7) is 1.93. The molecule has 0 aromatic carbocycles. The lowest BCUT2D eigenvalue weighted by molar-refractivity contribution is 0.830. The highest BCUT2D eigenvalue weighted by Crippen LogP contribution is 2.15. The summed E-state index contributed by atoms with van der Waals surface area (Å²) in [5.41, 5.74) is 0.961. The monoisotopic (exact) mass is 214 g/mol. The van der Waals surface area contributed by atoms with E-state index in [1.807, 2.05) is 19.2 Å². The third-order valence-electron chi connectivity index (χ3n) is 1.49. The fourth-order valence-corrected chi connectivity index (χ4v) is 1.75. The molecule has 0 spiro atoms. The molecule has 2 heterocycles. The Morgan fingerprint density at radius 2 is 2.38 bits per heavy atom. The maximum absolute atomic E-state index is 5.61. The SMILES string of the molecule is Cc1ccn(-c2nnc(CCl)s2)n1. The minimum atomic E-state index is 0.401. The Bertz CT molecular complexity index is 408. The predicted octanol–water partition coefficient (Wildman–Crippen LogP) is 1.77. The zero-order valence-corrected chi connectivity index (χ0v) is 8.51. The molecule has 0 aliphatic rings. The molecule has 2 rings (SSSR count). The van der Waals surface area contributed by atoms with Gasteiger partial charge in [-0.25, -0.2) is 4.68 Å². The van der Waals surface area contributed by atoms with Gasteiger partial charge in [0.05, 0.1) is 11.6 Å². The van der Waals surface area contributed by atoms with Crippen LogP contribution in [0.1, 0.15) is 10.7 Å². The van der Waals surface area contributed by atoms with Crippen LogP contribution >= 0.6 is 22.9 Å². The molecular formula is C7H7ClN4S. The summed E-state index contributed by atoms with van der Waals surface area (Å²) < 4.78 is 1.70. The van der Waals surface area contributed by atoms with Crippen molar-refractivity contribution in [3.8, 4) is 5.13 Å². The minimum absolute atomic E-state index is 0.401. The Kier molecular flexibility index (Phi) is 2.28. The van der Waals surface area contributed by atoms with Crippen LogP contribution in [0.15, 0.2) is 12.3 Å². The van der Waals surface area contributed by atoms with Gasteiger partial charge in [0.25, 0.3) is 0 Å². The number of hydrogen-bond donors (Lipinski definition) is 0. The lowest BCUT2D eigenvalue weighted by atomic mass is 10.5. The van der Waals surface area contributed by atoms with Crippen LogP contribution in [0.25, 0.3) is 5.13 Å². The molecule has 0 saturated carbocycles. The largest absolute Gasteiger partial charge is 0.232 e. The number of aryl methyl sites for hydroxylation is 1. The highest BCUT2D eigenvalue weighted by atomic mass is 35.5. The molecule has 0 unspecified atom stereocenters. The molecule has 0 N–H and O–H groups in total. The quantitative estimate of drug-likeness (QED) is 0.716. The first-order valence-electron chi connectivity index (χ1n) is 3.70. The molecule has 0 amide bonds. The van der Waals surface area contributed by atoms with Gasteiger partial charge in [-0.1, -0.05) is 11.3 Å². The lowest BCUT2D eigenvalue weighted by Gasteiger charge is -1.89. The molecule has 0 fully saturated rings. The Morgan fingerprint density at radius 3 is 2.92 bits per heavy atom. The lowest BCUT2D eigenvalue weighted by Crippen LogP contribution is -1.93. The van der Waals surface area contributed by atoms with Crippen LogP contribution in [-0.4, -0.2) is 20.0 Å². The summed E-state index contributed by atoms with van der Waals surface area (Å²) in [4.78, 5) is 0. The van der Waals surface area contributed by atoms with Gasteiger partial charge < -0.3 is 0 Å². The average molecular weight is 215 g/mol. The second-order valence-electron chi connectivity index (χ2n) is 2.51. The van der Waals surface area contributed by atoms with Crippen LogP contribution in [0.2, 0.25) is 0 Å². The zero-order chi connectivity index (χ0) is 9.26. The van der Waals surface area contributed by atoms with E-state index in [9.17, 15) is 0 Å². The van der Waals surface area contributed by atoms with Gasteiger partial charge in [0, 0.05) is 6.20 Å². The van der Waals surface area contributed by atoms with E-state index in [1.165, 1.54) is 11.3 Å². The molecular weight excluding hydrogens is 208 g/mol. The van der Waals surface area contributed by atoms with Crippen LogP contribution in [0.3, 0.4) is 0 Å². The van der Waals surface area contributed by atoms with E-state index < -0.39 is 0 Å². The van der Waals surface area contributed by atoms with Crippen molar-refractivity contribution >= 4 is 22.9 Å². The number of hydrogen-bond acceptors (Lipinski definition) is 4. The molecule has 13 heavy (non-hydrogen) atoms. The fraction of sp³-hybridized carbons (Fsp3) is 0.286. The first kappa shape index (κ1) is 8.65. The Labute approximate surface area is 84.2 Å². The van der Waals surface area contributed by atoms with E-state index in [0.717, 1.165) is 15.8 Å². The molecule has 68 valence electrons. The third kappa shape index (κ3) is 1.71. The molecule has 2 aromatic rings. The molecule has 6 heteroatoms. The van der Waals surface area contributed by atoms with E-state index in [0.29, 0.717) is 5.88 Å². The molecule has 0 aliphatic carbocycles. The van der Waals surface area contributed by atoms with E-state index in [-0.39, 0.29) is 0 Å². The van der Waals surface area contributed by atoms with Gasteiger partial charge in [-0.15, -0.1) is 21.8 Å². The maximum Gasteiger partial charge on any atom is 0.232 e. The van der Waals surface area contributed by atoms with Crippen molar-refractivity contribution < 1.29 is 0 Å². The average Bonchev–Trinajstić information content (AvgIpc) is 2.71. The molecule has 2 aromatic heterocycles. The van der Waals surface area contributed by atoms with Gasteiger partial charge in [-0.2, -0.15) is 5.10 Å². The van der Waals surface area contributed by atoms with Gasteiger partial charge in [0.15, 0.2) is 0 Å². The molecule has 0 atom stereocenters. The summed E-state index contributed by atoms with van der Waals surface area (Å²) in [5.74, 6) is 0.401. The Morgan fingerprint density at radius 1 is 1.54 bits per heavy atom. The summed E-state index contributed by atoms with van der Waals surface area (Å²) in [5, 5.41) is 13.6. The van der Waals surface area contributed by atoms with E-state index in [4.69, 9.17) is 11.6 Å². The summed E-state index contributed by atoms with van der Waals surface area (Å²) in [6.07, 6.45) is 1.86. The number of nitrogens with zero attached hydrogens (tertiary/aromatic N) is 4. The van der Waals surface area contributed by atoms with Crippen molar-refractivity contribution in [1.29, 1.82) is 0 Å². The topological polar surface area (TPSA) is 43.6 Å². The third-order valence-corrected chi connectivity index (χ3v) is 2.81. The van der Waals surface area contributed by atoms with E-state index in [2.05, 4.69) is 15.3 Å². The number of halogens is 1. The smallest absolute Gasteiger partial charge is 0.212 e. The van der Waals surface area contributed by atoms with Crippen molar-refractivity contribution in [1.82, 2.24) is 20.0 Å². The van der Waals surface area contributed by atoms with Crippen molar-refractivity contribution in [2.24, 2.45) is 0 Å². The van der Waals surface area contributed by atoms with Crippen molar-refractivity contribution in [3.63, 3.8) is 0 Å². The van der Waals surface area contributed by atoms with Gasteiger partial charge >= 0.3 is 0 Å². The van der Waals surface area contributed by atoms with Crippen LogP contribution in [0.4, 0.5) is 0 Å².